The minimum atomic E-state index is -0.936. The van der Waals surface area contributed by atoms with Crippen LogP contribution in [0.2, 0.25) is 0 Å². The minimum absolute atomic E-state index is 0.0331. The molecule has 0 aromatic heterocycles. The Hall–Kier alpha value is -1.88. The third kappa shape index (κ3) is 2.78. The first kappa shape index (κ1) is 14.1. The summed E-state index contributed by atoms with van der Waals surface area (Å²) >= 11 is 0. The van der Waals surface area contributed by atoms with E-state index in [0.717, 1.165) is 30.4 Å². The largest absolute Gasteiger partial charge is 0.478 e. The SMILES string of the molecule is CC1CCC(C(=O)N2CCc3ccc(C(=O)O)cc3C2)O1. The number of aromatic carboxylic acids is 1. The minimum Gasteiger partial charge on any atom is -0.478 e. The standard InChI is InChI=1S/C16H19NO4/c1-10-2-5-14(21-10)15(18)17-7-6-11-3-4-12(16(19)20)8-13(11)9-17/h3-4,8,10,14H,2,5-7,9H2,1H3,(H,19,20). The zero-order valence-electron chi connectivity index (χ0n) is 12.0. The Kier molecular flexibility index (Phi) is 3.68. The van der Waals surface area contributed by atoms with Crippen LogP contribution in [0, 0.1) is 0 Å². The van der Waals surface area contributed by atoms with Gasteiger partial charge in [-0.15, -0.1) is 0 Å². The predicted octanol–water partition coefficient (Wildman–Crippen LogP) is 1.84. The molecule has 2 heterocycles. The van der Waals surface area contributed by atoms with Crippen LogP contribution in [0.25, 0.3) is 0 Å². The number of hydrogen-bond acceptors (Lipinski definition) is 3. The average molecular weight is 289 g/mol. The Labute approximate surface area is 123 Å². The Bertz CT molecular complexity index is 584. The molecule has 21 heavy (non-hydrogen) atoms. The monoisotopic (exact) mass is 289 g/mol. The zero-order valence-corrected chi connectivity index (χ0v) is 12.0. The highest BCUT2D eigenvalue weighted by atomic mass is 16.5. The maximum absolute atomic E-state index is 12.5. The lowest BCUT2D eigenvalue weighted by Crippen LogP contribution is -2.42. The smallest absolute Gasteiger partial charge is 0.335 e. The van der Waals surface area contributed by atoms with Gasteiger partial charge in [-0.25, -0.2) is 4.79 Å². The van der Waals surface area contributed by atoms with Gasteiger partial charge in [0.05, 0.1) is 11.7 Å². The van der Waals surface area contributed by atoms with E-state index in [1.54, 1.807) is 17.0 Å². The van der Waals surface area contributed by atoms with E-state index in [4.69, 9.17) is 9.84 Å². The van der Waals surface area contributed by atoms with Gasteiger partial charge >= 0.3 is 5.97 Å². The quantitative estimate of drug-likeness (QED) is 0.902. The molecule has 0 saturated carbocycles. The van der Waals surface area contributed by atoms with Crippen molar-refractivity contribution < 1.29 is 19.4 Å². The van der Waals surface area contributed by atoms with E-state index in [0.29, 0.717) is 13.1 Å². The van der Waals surface area contributed by atoms with Gasteiger partial charge in [-0.3, -0.25) is 4.79 Å². The second-order valence-corrected chi connectivity index (χ2v) is 5.81. The molecular formula is C16H19NO4. The number of hydrogen-bond donors (Lipinski definition) is 1. The lowest BCUT2D eigenvalue weighted by molar-refractivity contribution is -0.143. The molecule has 5 heteroatoms. The van der Waals surface area contributed by atoms with E-state index in [1.165, 1.54) is 0 Å². The molecule has 1 fully saturated rings. The molecule has 3 rings (SSSR count). The van der Waals surface area contributed by atoms with Crippen molar-refractivity contribution in [2.24, 2.45) is 0 Å². The number of amides is 1. The molecule has 1 aromatic carbocycles. The molecule has 0 spiro atoms. The summed E-state index contributed by atoms with van der Waals surface area (Å²) in [6.45, 7) is 3.13. The fraction of sp³-hybridized carbons (Fsp3) is 0.500. The molecular weight excluding hydrogens is 270 g/mol. The lowest BCUT2D eigenvalue weighted by Gasteiger charge is -2.31. The van der Waals surface area contributed by atoms with Crippen molar-refractivity contribution in [1.82, 2.24) is 4.90 Å². The van der Waals surface area contributed by atoms with Gasteiger partial charge in [-0.2, -0.15) is 0 Å². The summed E-state index contributed by atoms with van der Waals surface area (Å²) < 4.78 is 5.64. The van der Waals surface area contributed by atoms with Gasteiger partial charge in [0.1, 0.15) is 6.10 Å². The van der Waals surface area contributed by atoms with Gasteiger partial charge in [0.15, 0.2) is 0 Å². The molecule has 1 saturated heterocycles. The van der Waals surface area contributed by atoms with Crippen LogP contribution in [-0.2, 0) is 22.5 Å². The highest BCUT2D eigenvalue weighted by molar-refractivity contribution is 5.88. The molecule has 2 atom stereocenters. The summed E-state index contributed by atoms with van der Waals surface area (Å²) in [6.07, 6.45) is 2.28. The number of fused-ring (bicyclic) bond motifs is 1. The van der Waals surface area contributed by atoms with E-state index >= 15 is 0 Å². The maximum Gasteiger partial charge on any atom is 0.335 e. The average Bonchev–Trinajstić information content (AvgIpc) is 2.91. The number of ether oxygens (including phenoxy) is 1. The summed E-state index contributed by atoms with van der Waals surface area (Å²) in [5.41, 5.74) is 2.33. The first-order chi connectivity index (χ1) is 10.0. The second-order valence-electron chi connectivity index (χ2n) is 5.81. The molecule has 5 nitrogen and oxygen atoms in total. The van der Waals surface area contributed by atoms with Crippen molar-refractivity contribution in [2.45, 2.75) is 44.9 Å². The predicted molar refractivity (Wildman–Crippen MR) is 76.1 cm³/mol. The topological polar surface area (TPSA) is 66.8 Å². The third-order valence-electron chi connectivity index (χ3n) is 4.28. The number of rotatable bonds is 2. The number of carbonyl (C=O) groups excluding carboxylic acids is 1. The van der Waals surface area contributed by atoms with Crippen molar-refractivity contribution in [3.05, 3.63) is 34.9 Å². The molecule has 0 aliphatic carbocycles. The molecule has 1 aromatic rings. The number of carbonyl (C=O) groups is 2. The van der Waals surface area contributed by atoms with Crippen LogP contribution in [0.4, 0.5) is 0 Å². The van der Waals surface area contributed by atoms with Crippen LogP contribution < -0.4 is 0 Å². The third-order valence-corrected chi connectivity index (χ3v) is 4.28. The Balaban J connectivity index is 1.75. The second kappa shape index (κ2) is 5.48. The van der Waals surface area contributed by atoms with Gasteiger partial charge < -0.3 is 14.7 Å². The summed E-state index contributed by atoms with van der Waals surface area (Å²) in [5, 5.41) is 9.06. The van der Waals surface area contributed by atoms with Gasteiger partial charge in [0.2, 0.25) is 0 Å². The van der Waals surface area contributed by atoms with Crippen LogP contribution in [0.1, 0.15) is 41.3 Å². The van der Waals surface area contributed by atoms with Gasteiger partial charge in [0, 0.05) is 13.1 Å². The van der Waals surface area contributed by atoms with Crippen LogP contribution in [-0.4, -0.2) is 40.6 Å². The van der Waals surface area contributed by atoms with E-state index in [2.05, 4.69) is 0 Å². The molecule has 112 valence electrons. The molecule has 2 aliphatic rings. The van der Waals surface area contributed by atoms with Gasteiger partial charge in [0.25, 0.3) is 5.91 Å². The highest BCUT2D eigenvalue weighted by Crippen LogP contribution is 2.25. The summed E-state index contributed by atoms with van der Waals surface area (Å²) in [6, 6.07) is 5.16. The Morgan fingerprint density at radius 3 is 2.76 bits per heavy atom. The van der Waals surface area contributed by atoms with Crippen molar-refractivity contribution in [3.63, 3.8) is 0 Å². The van der Waals surface area contributed by atoms with Crippen molar-refractivity contribution in [1.29, 1.82) is 0 Å². The summed E-state index contributed by atoms with van der Waals surface area (Å²) in [4.78, 5) is 25.3. The summed E-state index contributed by atoms with van der Waals surface area (Å²) in [5.74, 6) is -0.903. The number of carboxylic acid groups (broad SMARTS) is 1. The lowest BCUT2D eigenvalue weighted by atomic mass is 9.97. The molecule has 1 N–H and O–H groups in total. The van der Waals surface area contributed by atoms with E-state index in [9.17, 15) is 9.59 Å². The van der Waals surface area contributed by atoms with Gasteiger partial charge in [-0.05, 0) is 49.4 Å². The van der Waals surface area contributed by atoms with Crippen molar-refractivity contribution >= 4 is 11.9 Å². The maximum atomic E-state index is 12.5. The summed E-state index contributed by atoms with van der Waals surface area (Å²) in [7, 11) is 0. The van der Waals surface area contributed by atoms with E-state index in [1.807, 2.05) is 13.0 Å². The van der Waals surface area contributed by atoms with Crippen molar-refractivity contribution in [3.8, 4) is 0 Å². The molecule has 2 aliphatic heterocycles. The van der Waals surface area contributed by atoms with E-state index < -0.39 is 5.97 Å². The van der Waals surface area contributed by atoms with Gasteiger partial charge in [-0.1, -0.05) is 6.07 Å². The first-order valence-corrected chi connectivity index (χ1v) is 7.34. The first-order valence-electron chi connectivity index (χ1n) is 7.34. The molecule has 1 amide bonds. The Morgan fingerprint density at radius 2 is 2.10 bits per heavy atom. The zero-order chi connectivity index (χ0) is 15.0. The fourth-order valence-corrected chi connectivity index (χ4v) is 3.07. The highest BCUT2D eigenvalue weighted by Gasteiger charge is 2.33. The van der Waals surface area contributed by atoms with Crippen LogP contribution in [0.5, 0.6) is 0 Å². The molecule has 2 unspecified atom stereocenters. The van der Waals surface area contributed by atoms with Crippen LogP contribution in [0.3, 0.4) is 0 Å². The van der Waals surface area contributed by atoms with Crippen molar-refractivity contribution in [2.75, 3.05) is 6.54 Å². The number of carboxylic acids is 1. The fourth-order valence-electron chi connectivity index (χ4n) is 3.07. The molecule has 0 radical (unpaired) electrons. The molecule has 0 bridgehead atoms. The Morgan fingerprint density at radius 1 is 1.29 bits per heavy atom. The normalized spacial score (nSPS) is 24.7. The van der Waals surface area contributed by atoms with Crippen LogP contribution >= 0.6 is 0 Å². The number of benzene rings is 1. The number of nitrogens with zero attached hydrogens (tertiary/aromatic N) is 1. The van der Waals surface area contributed by atoms with E-state index in [-0.39, 0.29) is 23.7 Å². The van der Waals surface area contributed by atoms with Crippen LogP contribution in [0.15, 0.2) is 18.2 Å².